The highest BCUT2D eigenvalue weighted by Gasteiger charge is 2.30. The zero-order valence-electron chi connectivity index (χ0n) is 10.9. The molecule has 0 aliphatic carbocycles. The summed E-state index contributed by atoms with van der Waals surface area (Å²) >= 11 is 6.09. The zero-order chi connectivity index (χ0) is 14.8. The van der Waals surface area contributed by atoms with Gasteiger partial charge in [0.1, 0.15) is 0 Å². The molecule has 0 saturated heterocycles. The molecular formula is C14H14ClF3N2. The van der Waals surface area contributed by atoms with E-state index >= 15 is 0 Å². The van der Waals surface area contributed by atoms with Crippen molar-refractivity contribution in [3.05, 3.63) is 53.3 Å². The molecule has 1 aromatic heterocycles. The fourth-order valence-electron chi connectivity index (χ4n) is 1.90. The maximum atomic E-state index is 12.6. The summed E-state index contributed by atoms with van der Waals surface area (Å²) in [6, 6.07) is 5.25. The van der Waals surface area contributed by atoms with Crippen LogP contribution in [0.5, 0.6) is 0 Å². The van der Waals surface area contributed by atoms with Crippen LogP contribution in [-0.4, -0.2) is 9.78 Å². The first-order valence-electron chi connectivity index (χ1n) is 6.22. The number of rotatable bonds is 4. The maximum Gasteiger partial charge on any atom is 0.416 e. The number of nitrogens with zero attached hydrogens (tertiary/aromatic N) is 2. The van der Waals surface area contributed by atoms with Crippen LogP contribution in [0.15, 0.2) is 36.7 Å². The molecule has 0 aliphatic heterocycles. The van der Waals surface area contributed by atoms with E-state index in [0.717, 1.165) is 24.1 Å². The summed E-state index contributed by atoms with van der Waals surface area (Å²) in [5.41, 5.74) is 0.782. The highest BCUT2D eigenvalue weighted by molar-refractivity contribution is 6.20. The predicted molar refractivity (Wildman–Crippen MR) is 71.7 cm³/mol. The first-order valence-corrected chi connectivity index (χ1v) is 6.66. The Morgan fingerprint density at radius 1 is 1.35 bits per heavy atom. The van der Waals surface area contributed by atoms with Gasteiger partial charge in [-0.2, -0.15) is 18.3 Å². The van der Waals surface area contributed by atoms with Crippen LogP contribution >= 0.6 is 11.6 Å². The van der Waals surface area contributed by atoms with Gasteiger partial charge in [-0.25, -0.2) is 0 Å². The Balaban J connectivity index is 2.16. The Kier molecular flexibility index (Phi) is 4.38. The molecule has 0 radical (unpaired) electrons. The molecule has 0 bridgehead atoms. The Morgan fingerprint density at radius 2 is 2.10 bits per heavy atom. The summed E-state index contributed by atoms with van der Waals surface area (Å²) in [7, 11) is 0. The maximum absolute atomic E-state index is 12.6. The van der Waals surface area contributed by atoms with Crippen molar-refractivity contribution in [3.8, 4) is 0 Å². The lowest BCUT2D eigenvalue weighted by atomic mass is 10.1. The summed E-state index contributed by atoms with van der Waals surface area (Å²) in [5.74, 6) is 0. The van der Waals surface area contributed by atoms with E-state index < -0.39 is 11.7 Å². The standard InChI is InChI=1S/C14H14ClF3N2/c1-2-13(15)11-7-19-20(9-11)8-10-4-3-5-12(6-10)14(16,17)18/h3-7,9,13H,2,8H2,1H3. The third-order valence-corrected chi connectivity index (χ3v) is 3.53. The molecule has 1 heterocycles. The van der Waals surface area contributed by atoms with Crippen LogP contribution < -0.4 is 0 Å². The van der Waals surface area contributed by atoms with Crippen molar-refractivity contribution in [3.63, 3.8) is 0 Å². The van der Waals surface area contributed by atoms with Gasteiger partial charge in [-0.05, 0) is 24.1 Å². The molecule has 2 rings (SSSR count). The van der Waals surface area contributed by atoms with Gasteiger partial charge in [-0.15, -0.1) is 11.6 Å². The van der Waals surface area contributed by atoms with Crippen molar-refractivity contribution in [2.75, 3.05) is 0 Å². The number of benzene rings is 1. The fourth-order valence-corrected chi connectivity index (χ4v) is 2.01. The van der Waals surface area contributed by atoms with Gasteiger partial charge in [0.2, 0.25) is 0 Å². The van der Waals surface area contributed by atoms with E-state index in [-0.39, 0.29) is 11.9 Å². The van der Waals surface area contributed by atoms with E-state index in [2.05, 4.69) is 5.10 Å². The number of alkyl halides is 4. The van der Waals surface area contributed by atoms with Crippen LogP contribution in [0.3, 0.4) is 0 Å². The van der Waals surface area contributed by atoms with E-state index in [1.807, 2.05) is 6.92 Å². The SMILES string of the molecule is CCC(Cl)c1cnn(Cc2cccc(C(F)(F)F)c2)c1. The van der Waals surface area contributed by atoms with E-state index in [1.165, 1.54) is 6.07 Å². The van der Waals surface area contributed by atoms with Gasteiger partial charge < -0.3 is 0 Å². The van der Waals surface area contributed by atoms with Crippen LogP contribution in [0.2, 0.25) is 0 Å². The highest BCUT2D eigenvalue weighted by atomic mass is 35.5. The van der Waals surface area contributed by atoms with Crippen molar-refractivity contribution >= 4 is 11.6 Å². The van der Waals surface area contributed by atoms with Crippen molar-refractivity contribution in [2.45, 2.75) is 31.4 Å². The molecule has 6 heteroatoms. The molecule has 20 heavy (non-hydrogen) atoms. The normalized spacial score (nSPS) is 13.4. The van der Waals surface area contributed by atoms with Crippen molar-refractivity contribution in [2.24, 2.45) is 0 Å². The third-order valence-electron chi connectivity index (χ3n) is 2.97. The molecule has 1 unspecified atom stereocenters. The fraction of sp³-hybridized carbons (Fsp3) is 0.357. The van der Waals surface area contributed by atoms with Gasteiger partial charge in [0.25, 0.3) is 0 Å². The van der Waals surface area contributed by atoms with Gasteiger partial charge in [-0.3, -0.25) is 4.68 Å². The van der Waals surface area contributed by atoms with Gasteiger partial charge in [-0.1, -0.05) is 19.1 Å². The molecule has 1 atom stereocenters. The zero-order valence-corrected chi connectivity index (χ0v) is 11.6. The molecule has 0 spiro atoms. The number of hydrogen-bond acceptors (Lipinski definition) is 1. The van der Waals surface area contributed by atoms with Crippen LogP contribution in [0.1, 0.15) is 35.4 Å². The smallest absolute Gasteiger partial charge is 0.268 e. The highest BCUT2D eigenvalue weighted by Crippen LogP contribution is 2.29. The van der Waals surface area contributed by atoms with Gasteiger partial charge >= 0.3 is 6.18 Å². The largest absolute Gasteiger partial charge is 0.416 e. The van der Waals surface area contributed by atoms with E-state index in [9.17, 15) is 13.2 Å². The second-order valence-corrected chi connectivity index (χ2v) is 5.07. The number of hydrogen-bond donors (Lipinski definition) is 0. The number of halogens is 4. The molecule has 108 valence electrons. The van der Waals surface area contributed by atoms with Crippen LogP contribution in [0.4, 0.5) is 13.2 Å². The van der Waals surface area contributed by atoms with E-state index in [4.69, 9.17) is 11.6 Å². The lowest BCUT2D eigenvalue weighted by Crippen LogP contribution is -2.07. The number of aromatic nitrogens is 2. The molecule has 0 aliphatic rings. The molecule has 2 aromatic rings. The minimum atomic E-state index is -4.32. The average molecular weight is 303 g/mol. The Bertz CT molecular complexity index is 578. The Hall–Kier alpha value is -1.49. The summed E-state index contributed by atoms with van der Waals surface area (Å²) in [6.45, 7) is 2.25. The minimum Gasteiger partial charge on any atom is -0.268 e. The van der Waals surface area contributed by atoms with Gasteiger partial charge in [0, 0.05) is 11.8 Å². The van der Waals surface area contributed by atoms with E-state index in [0.29, 0.717) is 5.56 Å². The second kappa shape index (κ2) is 5.87. The van der Waals surface area contributed by atoms with Gasteiger partial charge in [0.15, 0.2) is 0 Å². The van der Waals surface area contributed by atoms with Crippen molar-refractivity contribution in [1.82, 2.24) is 9.78 Å². The molecule has 2 nitrogen and oxygen atoms in total. The summed E-state index contributed by atoms with van der Waals surface area (Å²) < 4.78 is 39.5. The molecule has 0 fully saturated rings. The van der Waals surface area contributed by atoms with Gasteiger partial charge in [0.05, 0.1) is 23.7 Å². The first kappa shape index (κ1) is 14.9. The van der Waals surface area contributed by atoms with Crippen LogP contribution in [-0.2, 0) is 12.7 Å². The van der Waals surface area contributed by atoms with Crippen molar-refractivity contribution in [1.29, 1.82) is 0 Å². The molecule has 0 N–H and O–H groups in total. The predicted octanol–water partition coefficient (Wildman–Crippen LogP) is 4.64. The first-order chi connectivity index (χ1) is 9.40. The molecule has 0 amide bonds. The quantitative estimate of drug-likeness (QED) is 0.752. The lowest BCUT2D eigenvalue weighted by molar-refractivity contribution is -0.137. The summed E-state index contributed by atoms with van der Waals surface area (Å²) in [6.07, 6.45) is -0.137. The molecule has 0 saturated carbocycles. The van der Waals surface area contributed by atoms with Crippen LogP contribution in [0.25, 0.3) is 0 Å². The van der Waals surface area contributed by atoms with Crippen LogP contribution in [0, 0.1) is 0 Å². The Labute approximate surface area is 120 Å². The lowest BCUT2D eigenvalue weighted by Gasteiger charge is -2.08. The third kappa shape index (κ3) is 3.54. The van der Waals surface area contributed by atoms with Crippen molar-refractivity contribution < 1.29 is 13.2 Å². The Morgan fingerprint density at radius 3 is 2.75 bits per heavy atom. The summed E-state index contributed by atoms with van der Waals surface area (Å²) in [5, 5.41) is 4.00. The minimum absolute atomic E-state index is 0.120. The molecule has 1 aromatic carbocycles. The second-order valence-electron chi connectivity index (χ2n) is 4.55. The van der Waals surface area contributed by atoms with E-state index in [1.54, 1.807) is 23.1 Å². The topological polar surface area (TPSA) is 17.8 Å². The summed E-state index contributed by atoms with van der Waals surface area (Å²) in [4.78, 5) is 0. The monoisotopic (exact) mass is 302 g/mol. The average Bonchev–Trinajstić information content (AvgIpc) is 2.85. The molecular weight excluding hydrogens is 289 g/mol.